The molecule has 0 aromatic rings. The molecule has 0 bridgehead atoms. The van der Waals surface area contributed by atoms with Crippen molar-refractivity contribution >= 4 is 45.8 Å². The minimum absolute atomic E-state index is 0.129. The lowest BCUT2D eigenvalue weighted by atomic mass is 10.0. The van der Waals surface area contributed by atoms with Crippen molar-refractivity contribution < 1.29 is 4.79 Å². The normalized spacial score (nSPS) is 21.5. The van der Waals surface area contributed by atoms with Gasteiger partial charge in [-0.1, -0.05) is 37.8 Å². The van der Waals surface area contributed by atoms with Gasteiger partial charge in [-0.3, -0.25) is 9.69 Å². The first-order chi connectivity index (χ1) is 7.07. The first-order valence-corrected chi connectivity index (χ1v) is 7.05. The number of thiocarbonyl (C=S) groups is 1. The van der Waals surface area contributed by atoms with Gasteiger partial charge in [0.2, 0.25) is 5.91 Å². The zero-order valence-corrected chi connectivity index (χ0v) is 11.4. The van der Waals surface area contributed by atoms with Crippen LogP contribution >= 0.6 is 35.6 Å². The summed E-state index contributed by atoms with van der Waals surface area (Å²) in [5, 5.41) is 0. The Kier molecular flexibility index (Phi) is 5.36. The van der Waals surface area contributed by atoms with E-state index in [-0.39, 0.29) is 11.9 Å². The summed E-state index contributed by atoms with van der Waals surface area (Å²) < 4.78 is 0.730. The van der Waals surface area contributed by atoms with E-state index in [1.54, 1.807) is 16.7 Å². The second-order valence-electron chi connectivity index (χ2n) is 3.94. The minimum atomic E-state index is 0.129. The fourth-order valence-electron chi connectivity index (χ4n) is 1.55. The average Bonchev–Trinajstić information content (AvgIpc) is 2.56. The first-order valence-electron chi connectivity index (χ1n) is 5.12. The number of hydrogen-bond acceptors (Lipinski definition) is 3. The largest absolute Gasteiger partial charge is 0.294 e. The summed E-state index contributed by atoms with van der Waals surface area (Å²) in [5.41, 5.74) is 0. The SMILES string of the molecule is CC(C)C1CSC(=S)N1C(=O)CCCCl. The smallest absolute Gasteiger partial charge is 0.228 e. The van der Waals surface area contributed by atoms with Crippen LogP contribution < -0.4 is 0 Å². The molecule has 1 amide bonds. The number of nitrogens with zero attached hydrogens (tertiary/aromatic N) is 1. The molecule has 86 valence electrons. The molecule has 0 radical (unpaired) electrons. The number of alkyl halides is 1. The molecule has 15 heavy (non-hydrogen) atoms. The lowest BCUT2D eigenvalue weighted by Gasteiger charge is -2.26. The van der Waals surface area contributed by atoms with Gasteiger partial charge in [0.05, 0.1) is 0 Å². The van der Waals surface area contributed by atoms with Crippen molar-refractivity contribution in [2.75, 3.05) is 11.6 Å². The van der Waals surface area contributed by atoms with Crippen LogP contribution in [-0.2, 0) is 4.79 Å². The topological polar surface area (TPSA) is 20.3 Å². The molecule has 0 N–H and O–H groups in total. The predicted molar refractivity (Wildman–Crippen MR) is 70.5 cm³/mol. The second kappa shape index (κ2) is 6.06. The molecule has 1 aliphatic rings. The molecule has 1 saturated heterocycles. The van der Waals surface area contributed by atoms with Gasteiger partial charge in [-0.15, -0.1) is 11.6 Å². The van der Waals surface area contributed by atoms with E-state index in [2.05, 4.69) is 13.8 Å². The van der Waals surface area contributed by atoms with Gasteiger partial charge in [-0.25, -0.2) is 0 Å². The Labute approximate surface area is 106 Å². The molecular formula is C10H16ClNOS2. The highest BCUT2D eigenvalue weighted by atomic mass is 35.5. The maximum Gasteiger partial charge on any atom is 0.228 e. The van der Waals surface area contributed by atoms with Crippen molar-refractivity contribution in [3.8, 4) is 0 Å². The second-order valence-corrected chi connectivity index (χ2v) is 5.98. The predicted octanol–water partition coefficient (Wildman–Crippen LogP) is 2.89. The highest BCUT2D eigenvalue weighted by Gasteiger charge is 2.34. The van der Waals surface area contributed by atoms with Crippen molar-refractivity contribution in [2.24, 2.45) is 5.92 Å². The Balaban J connectivity index is 2.63. The van der Waals surface area contributed by atoms with Crippen LogP contribution in [0.2, 0.25) is 0 Å². The van der Waals surface area contributed by atoms with Gasteiger partial charge >= 0.3 is 0 Å². The minimum Gasteiger partial charge on any atom is -0.294 e. The summed E-state index contributed by atoms with van der Waals surface area (Å²) in [6.07, 6.45) is 1.24. The Morgan fingerprint density at radius 3 is 2.93 bits per heavy atom. The van der Waals surface area contributed by atoms with Crippen molar-refractivity contribution in [3.05, 3.63) is 0 Å². The molecule has 0 aliphatic carbocycles. The van der Waals surface area contributed by atoms with E-state index in [1.165, 1.54) is 0 Å². The van der Waals surface area contributed by atoms with Crippen LogP contribution in [0.3, 0.4) is 0 Å². The van der Waals surface area contributed by atoms with Crippen LogP contribution in [0.15, 0.2) is 0 Å². The monoisotopic (exact) mass is 265 g/mol. The maximum atomic E-state index is 11.9. The van der Waals surface area contributed by atoms with Gasteiger partial charge in [0.25, 0.3) is 0 Å². The number of thioether (sulfide) groups is 1. The Morgan fingerprint density at radius 2 is 2.40 bits per heavy atom. The zero-order valence-electron chi connectivity index (χ0n) is 9.03. The lowest BCUT2D eigenvalue weighted by Crippen LogP contribution is -2.41. The molecule has 1 atom stereocenters. The lowest BCUT2D eigenvalue weighted by molar-refractivity contribution is -0.128. The summed E-state index contributed by atoms with van der Waals surface area (Å²) >= 11 is 12.4. The summed E-state index contributed by atoms with van der Waals surface area (Å²) in [6.45, 7) is 4.25. The van der Waals surface area contributed by atoms with E-state index < -0.39 is 0 Å². The number of carbonyl (C=O) groups excluding carboxylic acids is 1. The van der Waals surface area contributed by atoms with Crippen LogP contribution in [0.25, 0.3) is 0 Å². The van der Waals surface area contributed by atoms with Gasteiger partial charge in [-0.05, 0) is 12.3 Å². The van der Waals surface area contributed by atoms with E-state index in [9.17, 15) is 4.79 Å². The number of rotatable bonds is 4. The highest BCUT2D eigenvalue weighted by molar-refractivity contribution is 8.23. The van der Waals surface area contributed by atoms with E-state index in [0.29, 0.717) is 18.2 Å². The molecule has 0 aromatic carbocycles. The van der Waals surface area contributed by atoms with Gasteiger partial charge in [0, 0.05) is 24.1 Å². The van der Waals surface area contributed by atoms with Crippen LogP contribution in [0.4, 0.5) is 0 Å². The van der Waals surface area contributed by atoms with Crippen LogP contribution in [0.5, 0.6) is 0 Å². The molecule has 1 rings (SSSR count). The molecule has 2 nitrogen and oxygen atoms in total. The fraction of sp³-hybridized carbons (Fsp3) is 0.800. The van der Waals surface area contributed by atoms with E-state index in [4.69, 9.17) is 23.8 Å². The standard InChI is InChI=1S/C10H16ClNOS2/c1-7(2)8-6-15-10(14)12(8)9(13)4-3-5-11/h7-8H,3-6H2,1-2H3. The molecule has 5 heteroatoms. The van der Waals surface area contributed by atoms with Crippen molar-refractivity contribution in [1.82, 2.24) is 4.90 Å². The van der Waals surface area contributed by atoms with Crippen LogP contribution in [-0.4, -0.2) is 32.8 Å². The van der Waals surface area contributed by atoms with Gasteiger partial charge in [0.15, 0.2) is 0 Å². The van der Waals surface area contributed by atoms with Crippen molar-refractivity contribution in [2.45, 2.75) is 32.7 Å². The van der Waals surface area contributed by atoms with Crippen molar-refractivity contribution in [3.63, 3.8) is 0 Å². The molecule has 1 unspecified atom stereocenters. The summed E-state index contributed by atoms with van der Waals surface area (Å²) in [4.78, 5) is 13.7. The number of carbonyl (C=O) groups is 1. The molecule has 0 spiro atoms. The third kappa shape index (κ3) is 3.33. The summed E-state index contributed by atoms with van der Waals surface area (Å²) in [6, 6.07) is 0.269. The average molecular weight is 266 g/mol. The summed E-state index contributed by atoms with van der Waals surface area (Å²) in [7, 11) is 0. The first kappa shape index (κ1) is 13.3. The van der Waals surface area contributed by atoms with Gasteiger partial charge in [-0.2, -0.15) is 0 Å². The molecular weight excluding hydrogens is 250 g/mol. The Bertz CT molecular complexity index is 258. The van der Waals surface area contributed by atoms with Crippen LogP contribution in [0.1, 0.15) is 26.7 Å². The van der Waals surface area contributed by atoms with Crippen LogP contribution in [0, 0.1) is 5.92 Å². The third-order valence-corrected chi connectivity index (χ3v) is 4.24. The van der Waals surface area contributed by atoms with E-state index in [0.717, 1.165) is 16.5 Å². The van der Waals surface area contributed by atoms with E-state index >= 15 is 0 Å². The molecule has 1 heterocycles. The Morgan fingerprint density at radius 1 is 1.73 bits per heavy atom. The van der Waals surface area contributed by atoms with Gasteiger partial charge < -0.3 is 0 Å². The number of hydrogen-bond donors (Lipinski definition) is 0. The quantitative estimate of drug-likeness (QED) is 0.576. The van der Waals surface area contributed by atoms with E-state index in [1.807, 2.05) is 0 Å². The molecule has 0 saturated carbocycles. The summed E-state index contributed by atoms with van der Waals surface area (Å²) in [5.74, 6) is 2.05. The number of halogens is 1. The van der Waals surface area contributed by atoms with Gasteiger partial charge in [0.1, 0.15) is 4.32 Å². The zero-order chi connectivity index (χ0) is 11.4. The van der Waals surface area contributed by atoms with Crippen molar-refractivity contribution in [1.29, 1.82) is 0 Å². The number of amides is 1. The fourth-order valence-corrected chi connectivity index (χ4v) is 3.35. The maximum absolute atomic E-state index is 11.9. The molecule has 0 aromatic heterocycles. The third-order valence-electron chi connectivity index (χ3n) is 2.47. The highest BCUT2D eigenvalue weighted by Crippen LogP contribution is 2.29. The molecule has 1 fully saturated rings. The molecule has 1 aliphatic heterocycles. The Hall–Kier alpha value is 0.200.